The zero-order chi connectivity index (χ0) is 50.1. The second-order valence-electron chi connectivity index (χ2n) is 20.2. The van der Waals surface area contributed by atoms with Gasteiger partial charge in [-0.1, -0.05) is 12.1 Å². The highest BCUT2D eigenvalue weighted by atomic mass is 19.1. The van der Waals surface area contributed by atoms with E-state index in [4.69, 9.17) is 0 Å². The number of anilines is 1. The van der Waals surface area contributed by atoms with Crippen molar-refractivity contribution < 1.29 is 27.6 Å². The minimum Gasteiger partial charge on any atom is -0.382 e. The topological polar surface area (TPSA) is 155 Å². The van der Waals surface area contributed by atoms with E-state index < -0.39 is 29.4 Å². The summed E-state index contributed by atoms with van der Waals surface area (Å²) >= 11 is 0. The van der Waals surface area contributed by atoms with E-state index in [-0.39, 0.29) is 58.8 Å². The Hall–Kier alpha value is -6.83. The highest BCUT2D eigenvalue weighted by Gasteiger charge is 2.33. The summed E-state index contributed by atoms with van der Waals surface area (Å²) in [7, 11) is 3.61. The number of pyridine rings is 2. The molecule has 0 radical (unpaired) electrons. The second kappa shape index (κ2) is 19.0. The predicted molar refractivity (Wildman–Crippen MR) is 266 cm³/mol. The van der Waals surface area contributed by atoms with Crippen LogP contribution in [-0.2, 0) is 36.6 Å². The lowest BCUT2D eigenvalue weighted by Crippen LogP contribution is -2.48. The number of piperidine rings is 2. The van der Waals surface area contributed by atoms with Gasteiger partial charge in [-0.3, -0.25) is 48.0 Å². The summed E-state index contributed by atoms with van der Waals surface area (Å²) in [4.78, 5) is 78.0. The molecule has 2 atom stereocenters. The maximum atomic E-state index is 15.9. The Labute approximate surface area is 413 Å². The van der Waals surface area contributed by atoms with Crippen LogP contribution >= 0.6 is 0 Å². The van der Waals surface area contributed by atoms with Crippen LogP contribution in [0.2, 0.25) is 0 Å². The van der Waals surface area contributed by atoms with Gasteiger partial charge in [0.1, 0.15) is 23.3 Å². The number of carbonyl (C=O) groups is 3. The lowest BCUT2D eigenvalue weighted by molar-refractivity contribution is -0.135. The molecule has 0 aliphatic carbocycles. The number of halogens is 3. The quantitative estimate of drug-likeness (QED) is 0.174. The van der Waals surface area contributed by atoms with Crippen molar-refractivity contribution in [1.82, 2.24) is 48.2 Å². The van der Waals surface area contributed by atoms with Gasteiger partial charge in [0, 0.05) is 133 Å². The molecule has 5 aliphatic heterocycles. The Morgan fingerprint density at radius 1 is 0.819 bits per heavy atom. The van der Waals surface area contributed by atoms with Gasteiger partial charge < -0.3 is 19.7 Å². The average molecular weight is 986 g/mol. The Bertz CT molecular complexity index is 3320. The van der Waals surface area contributed by atoms with Gasteiger partial charge in [0.15, 0.2) is 5.82 Å². The summed E-state index contributed by atoms with van der Waals surface area (Å²) in [5.74, 6) is -2.74. The van der Waals surface area contributed by atoms with Crippen molar-refractivity contribution in [3.63, 3.8) is 0 Å². The van der Waals surface area contributed by atoms with E-state index in [1.54, 1.807) is 28.8 Å². The number of fused-ring (bicyclic) bond motifs is 3. The van der Waals surface area contributed by atoms with Crippen LogP contribution in [0.1, 0.15) is 83.9 Å². The Balaban J connectivity index is 0.672. The van der Waals surface area contributed by atoms with Crippen LogP contribution in [0.4, 0.5) is 18.9 Å². The SMILES string of the molecule is C[C@@H](c1cc2c(-n3cc(F)c4c(c3=O)CCN4)ccnc2n1C)N1CC=C(c2c(F)cc(C(=O)N3CCC(CN4CCN(Cc5ccc6c(c5)n(C)c(=O)n6C5CCC(=O)NC5=O)CC4)CC3)cc2F)CC1. The van der Waals surface area contributed by atoms with Crippen LogP contribution < -0.4 is 21.9 Å². The number of nitrogens with zero attached hydrogens (tertiary/aromatic N) is 9. The highest BCUT2D eigenvalue weighted by molar-refractivity contribution is 6.00. The number of imidazole rings is 1. The molecule has 1 unspecified atom stereocenters. The van der Waals surface area contributed by atoms with Gasteiger partial charge in [0.2, 0.25) is 11.8 Å². The van der Waals surface area contributed by atoms with Crippen LogP contribution in [0.15, 0.2) is 70.5 Å². The van der Waals surface area contributed by atoms with Crippen molar-refractivity contribution in [2.24, 2.45) is 20.0 Å². The van der Waals surface area contributed by atoms with Gasteiger partial charge >= 0.3 is 5.69 Å². The lowest BCUT2D eigenvalue weighted by atomic mass is 9.94. The molecule has 72 heavy (non-hydrogen) atoms. The summed E-state index contributed by atoms with van der Waals surface area (Å²) in [5, 5.41) is 6.03. The molecule has 3 amide bonds. The van der Waals surface area contributed by atoms with Crippen LogP contribution in [0.25, 0.3) is 33.3 Å². The molecule has 2 aromatic carbocycles. The summed E-state index contributed by atoms with van der Waals surface area (Å²) in [6.45, 7) is 9.73. The number of likely N-dealkylation sites (tertiary alicyclic amines) is 1. The third kappa shape index (κ3) is 8.53. The number of rotatable bonds is 10. The molecule has 376 valence electrons. The number of benzene rings is 2. The van der Waals surface area contributed by atoms with Crippen molar-refractivity contribution in [2.75, 3.05) is 70.8 Å². The molecule has 3 saturated heterocycles. The van der Waals surface area contributed by atoms with E-state index in [0.29, 0.717) is 84.9 Å². The third-order valence-corrected chi connectivity index (χ3v) is 15.9. The first-order valence-electron chi connectivity index (χ1n) is 25.0. The molecule has 9 heterocycles. The summed E-state index contributed by atoms with van der Waals surface area (Å²) < 4.78 is 53.3. The maximum absolute atomic E-state index is 15.9. The third-order valence-electron chi connectivity index (χ3n) is 15.9. The fourth-order valence-electron chi connectivity index (χ4n) is 11.8. The number of piperazine rings is 1. The highest BCUT2D eigenvalue weighted by Crippen LogP contribution is 2.35. The predicted octanol–water partition coefficient (Wildman–Crippen LogP) is 5.26. The van der Waals surface area contributed by atoms with Crippen molar-refractivity contribution in [3.8, 4) is 5.69 Å². The fraction of sp³-hybridized carbons (Fsp3) is 0.434. The molecule has 16 nitrogen and oxygen atoms in total. The van der Waals surface area contributed by atoms with Gasteiger partial charge in [-0.25, -0.2) is 22.9 Å². The van der Waals surface area contributed by atoms with E-state index in [1.165, 1.54) is 27.5 Å². The van der Waals surface area contributed by atoms with Gasteiger partial charge in [0.05, 0.1) is 28.6 Å². The summed E-state index contributed by atoms with van der Waals surface area (Å²) in [6, 6.07) is 11.1. The molecule has 19 heteroatoms. The molecule has 0 saturated carbocycles. The number of aryl methyl sites for hydroxylation is 2. The zero-order valence-corrected chi connectivity index (χ0v) is 40.7. The summed E-state index contributed by atoms with van der Waals surface area (Å²) in [5.41, 5.74) is 5.19. The van der Waals surface area contributed by atoms with E-state index in [1.807, 2.05) is 42.0 Å². The number of hydrogen-bond acceptors (Lipinski definition) is 10. The largest absolute Gasteiger partial charge is 0.382 e. The van der Waals surface area contributed by atoms with E-state index in [0.717, 1.165) is 68.9 Å². The normalized spacial score (nSPS) is 20.0. The molecule has 5 aliphatic rings. The van der Waals surface area contributed by atoms with Crippen molar-refractivity contribution >= 4 is 51.0 Å². The van der Waals surface area contributed by atoms with Crippen LogP contribution in [0.3, 0.4) is 0 Å². The van der Waals surface area contributed by atoms with Gasteiger partial charge in [-0.2, -0.15) is 0 Å². The lowest BCUT2D eigenvalue weighted by Gasteiger charge is -2.39. The molecule has 4 aromatic heterocycles. The molecular weight excluding hydrogens is 928 g/mol. The number of aromatic nitrogens is 5. The standard InChI is InChI=1S/C53H58F3N11O5/c1-31(44-27-37-41(9-15-58-49(37)60(44)2)66-30-40(56)48-36(52(66)71)8-14-57-48)64-18-12-34(13-19-64)47-38(54)25-35(26-39(47)55)51(70)65-16-10-32(11-17-65)28-62-20-22-63(23-21-62)29-33-4-5-42-45(24-33)61(3)53(72)67(42)43-6-7-46(68)59-50(43)69/h4-5,9,12,15,24-27,30-32,43,57H,6-8,10-11,13-14,16-23,28-29H2,1-3H3,(H,59,68,69)/t31-,43?/m0/s1. The van der Waals surface area contributed by atoms with Crippen LogP contribution in [0.5, 0.6) is 0 Å². The molecular formula is C53H58F3N11O5. The molecule has 11 rings (SSSR count). The number of hydrogen-bond donors (Lipinski definition) is 2. The second-order valence-corrected chi connectivity index (χ2v) is 20.2. The van der Waals surface area contributed by atoms with Crippen molar-refractivity contribution in [1.29, 1.82) is 0 Å². The number of carbonyl (C=O) groups excluding carboxylic acids is 3. The number of imide groups is 1. The van der Waals surface area contributed by atoms with Gasteiger partial charge in [-0.05, 0) is 92.5 Å². The first-order valence-corrected chi connectivity index (χ1v) is 25.0. The minimum absolute atomic E-state index is 0.00791. The zero-order valence-electron chi connectivity index (χ0n) is 40.7. The van der Waals surface area contributed by atoms with Crippen molar-refractivity contribution in [3.05, 3.63) is 127 Å². The van der Waals surface area contributed by atoms with Crippen LogP contribution in [0, 0.1) is 23.4 Å². The first kappa shape index (κ1) is 47.5. The maximum Gasteiger partial charge on any atom is 0.329 e. The molecule has 3 fully saturated rings. The van der Waals surface area contributed by atoms with Gasteiger partial charge in [-0.15, -0.1) is 0 Å². The monoisotopic (exact) mass is 985 g/mol. The molecule has 0 spiro atoms. The van der Waals surface area contributed by atoms with Crippen LogP contribution in [-0.4, -0.2) is 126 Å². The van der Waals surface area contributed by atoms with E-state index in [9.17, 15) is 24.0 Å². The Morgan fingerprint density at radius 3 is 2.29 bits per heavy atom. The van der Waals surface area contributed by atoms with E-state index in [2.05, 4.69) is 37.2 Å². The Morgan fingerprint density at radius 2 is 1.57 bits per heavy atom. The summed E-state index contributed by atoms with van der Waals surface area (Å²) in [6.07, 6.45) is 7.62. The average Bonchev–Trinajstić information content (AvgIpc) is 4.08. The van der Waals surface area contributed by atoms with E-state index >= 15 is 13.2 Å². The Kier molecular flexibility index (Phi) is 12.5. The van der Waals surface area contributed by atoms with Gasteiger partial charge in [0.25, 0.3) is 11.5 Å². The number of nitrogens with one attached hydrogen (secondary N) is 2. The van der Waals surface area contributed by atoms with Crippen molar-refractivity contribution in [2.45, 2.75) is 64.1 Å². The molecule has 2 N–H and O–H groups in total. The smallest absolute Gasteiger partial charge is 0.329 e. The molecule has 6 aromatic rings. The molecule has 0 bridgehead atoms. The fourth-order valence-corrected chi connectivity index (χ4v) is 11.8. The first-order chi connectivity index (χ1) is 34.7. The minimum atomic E-state index is -0.753. The number of amides is 3.